The lowest BCUT2D eigenvalue weighted by Gasteiger charge is -2.24. The molecule has 5 nitrogen and oxygen atoms in total. The quantitative estimate of drug-likeness (QED) is 0.771. The van der Waals surface area contributed by atoms with E-state index in [0.29, 0.717) is 17.5 Å². The van der Waals surface area contributed by atoms with Crippen LogP contribution in [0.1, 0.15) is 47.8 Å². The Kier molecular flexibility index (Phi) is 2.98. The molecule has 100 valence electrons. The number of H-pyrrole nitrogens is 1. The molecular weight excluding hydrogens is 242 g/mol. The number of aromatic nitrogens is 2. The topological polar surface area (TPSA) is 92.0 Å². The summed E-state index contributed by atoms with van der Waals surface area (Å²) in [6.45, 7) is 0. The third kappa shape index (κ3) is 2.21. The highest BCUT2D eigenvalue weighted by molar-refractivity contribution is 6.00. The highest BCUT2D eigenvalue weighted by Gasteiger charge is 2.23. The normalized spacial score (nSPS) is 23.6. The predicted molar refractivity (Wildman–Crippen MR) is 72.2 cm³/mol. The number of rotatable bonds is 2. The Bertz CT molecular complexity index is 612. The van der Waals surface area contributed by atoms with Crippen molar-refractivity contribution in [2.24, 2.45) is 5.73 Å². The molecule has 0 aliphatic heterocycles. The summed E-state index contributed by atoms with van der Waals surface area (Å²) in [6.07, 6.45) is 4.05. The zero-order valence-electron chi connectivity index (χ0n) is 10.6. The standard InChI is InChI=1S/C14H17N3O2/c15-9-6-4-8(5-7-9)13-16-11-3-1-2-10(14(18)19)12(11)17-13/h1-3,8-9H,4-7,15H2,(H,16,17)(H,18,19). The molecule has 4 N–H and O–H groups in total. The molecule has 1 aliphatic rings. The van der Waals surface area contributed by atoms with Crippen LogP contribution >= 0.6 is 0 Å². The minimum absolute atomic E-state index is 0.257. The van der Waals surface area contributed by atoms with Crippen molar-refractivity contribution in [2.45, 2.75) is 37.6 Å². The van der Waals surface area contributed by atoms with Gasteiger partial charge in [-0.25, -0.2) is 9.78 Å². The van der Waals surface area contributed by atoms with E-state index in [1.54, 1.807) is 12.1 Å². The Balaban J connectivity index is 1.98. The number of hydrogen-bond donors (Lipinski definition) is 3. The van der Waals surface area contributed by atoms with Crippen LogP contribution in [0, 0.1) is 0 Å². The van der Waals surface area contributed by atoms with Gasteiger partial charge in [0.25, 0.3) is 0 Å². The maximum Gasteiger partial charge on any atom is 0.337 e. The summed E-state index contributed by atoms with van der Waals surface area (Å²) < 4.78 is 0. The molecule has 0 bridgehead atoms. The molecule has 1 aromatic carbocycles. The molecule has 0 unspecified atom stereocenters. The van der Waals surface area contributed by atoms with Gasteiger partial charge in [0.05, 0.1) is 11.1 Å². The maximum absolute atomic E-state index is 11.2. The van der Waals surface area contributed by atoms with Crippen LogP contribution in [-0.2, 0) is 0 Å². The number of benzene rings is 1. The second kappa shape index (κ2) is 4.66. The summed E-state index contributed by atoms with van der Waals surface area (Å²) >= 11 is 0. The van der Waals surface area contributed by atoms with E-state index in [9.17, 15) is 4.79 Å². The second-order valence-corrected chi connectivity index (χ2v) is 5.24. The van der Waals surface area contributed by atoms with Crippen LogP contribution < -0.4 is 5.73 Å². The Hall–Kier alpha value is -1.88. The lowest BCUT2D eigenvalue weighted by atomic mass is 9.86. The van der Waals surface area contributed by atoms with Gasteiger partial charge < -0.3 is 15.8 Å². The van der Waals surface area contributed by atoms with Crippen LogP contribution in [0.3, 0.4) is 0 Å². The molecule has 1 fully saturated rings. The van der Waals surface area contributed by atoms with Crippen molar-refractivity contribution in [3.63, 3.8) is 0 Å². The van der Waals surface area contributed by atoms with Gasteiger partial charge in [0.15, 0.2) is 0 Å². The minimum atomic E-state index is -0.936. The predicted octanol–water partition coefficient (Wildman–Crippen LogP) is 2.25. The molecule has 2 aromatic rings. The van der Waals surface area contributed by atoms with Gasteiger partial charge in [0.1, 0.15) is 11.3 Å². The molecule has 0 atom stereocenters. The number of nitrogens with one attached hydrogen (secondary N) is 1. The number of aromatic carboxylic acids is 1. The van der Waals surface area contributed by atoms with E-state index in [4.69, 9.17) is 10.8 Å². The van der Waals surface area contributed by atoms with E-state index in [1.807, 2.05) is 6.07 Å². The van der Waals surface area contributed by atoms with Crippen molar-refractivity contribution in [1.29, 1.82) is 0 Å². The highest BCUT2D eigenvalue weighted by atomic mass is 16.4. The van der Waals surface area contributed by atoms with Crippen LogP contribution in [0.15, 0.2) is 18.2 Å². The number of nitrogens with two attached hydrogens (primary N) is 1. The number of carboxylic acids is 1. The third-order valence-corrected chi connectivity index (χ3v) is 3.92. The van der Waals surface area contributed by atoms with Gasteiger partial charge in [-0.3, -0.25) is 0 Å². The van der Waals surface area contributed by atoms with Crippen molar-refractivity contribution >= 4 is 17.0 Å². The first-order chi connectivity index (χ1) is 9.15. The Morgan fingerprint density at radius 2 is 2.05 bits per heavy atom. The molecule has 19 heavy (non-hydrogen) atoms. The zero-order valence-corrected chi connectivity index (χ0v) is 10.6. The number of nitrogens with zero attached hydrogens (tertiary/aromatic N) is 1. The first kappa shape index (κ1) is 12.2. The van der Waals surface area contributed by atoms with E-state index >= 15 is 0 Å². The largest absolute Gasteiger partial charge is 0.478 e. The molecular formula is C14H17N3O2. The van der Waals surface area contributed by atoms with E-state index in [1.165, 1.54) is 0 Å². The number of aromatic amines is 1. The molecule has 1 heterocycles. The average molecular weight is 259 g/mol. The first-order valence-corrected chi connectivity index (χ1v) is 6.62. The molecule has 0 saturated heterocycles. The lowest BCUT2D eigenvalue weighted by Crippen LogP contribution is -2.26. The summed E-state index contributed by atoms with van der Waals surface area (Å²) in [4.78, 5) is 18.9. The first-order valence-electron chi connectivity index (χ1n) is 6.62. The van der Waals surface area contributed by atoms with Gasteiger partial charge in [-0.05, 0) is 37.8 Å². The molecule has 0 radical (unpaired) electrons. The number of para-hydroxylation sites is 1. The average Bonchev–Trinajstić information content (AvgIpc) is 2.82. The zero-order chi connectivity index (χ0) is 13.4. The van der Waals surface area contributed by atoms with Crippen molar-refractivity contribution in [3.05, 3.63) is 29.6 Å². The summed E-state index contributed by atoms with van der Waals surface area (Å²) in [6, 6.07) is 5.50. The third-order valence-electron chi connectivity index (χ3n) is 3.92. The SMILES string of the molecule is NC1CCC(c2nc3c(C(=O)O)cccc3[nH]2)CC1. The van der Waals surface area contributed by atoms with Gasteiger partial charge >= 0.3 is 5.97 Å². The van der Waals surface area contributed by atoms with E-state index in [0.717, 1.165) is 37.0 Å². The monoisotopic (exact) mass is 259 g/mol. The fourth-order valence-corrected chi connectivity index (χ4v) is 2.81. The second-order valence-electron chi connectivity index (χ2n) is 5.24. The van der Waals surface area contributed by atoms with Gasteiger partial charge in [-0.15, -0.1) is 0 Å². The van der Waals surface area contributed by atoms with E-state index < -0.39 is 5.97 Å². The Labute approximate surface area is 110 Å². The van der Waals surface area contributed by atoms with E-state index in [-0.39, 0.29) is 5.56 Å². The number of fused-ring (bicyclic) bond motifs is 1. The lowest BCUT2D eigenvalue weighted by molar-refractivity contribution is 0.0699. The van der Waals surface area contributed by atoms with Crippen molar-refractivity contribution in [2.75, 3.05) is 0 Å². The molecule has 5 heteroatoms. The number of hydrogen-bond acceptors (Lipinski definition) is 3. The summed E-state index contributed by atoms with van der Waals surface area (Å²) in [7, 11) is 0. The Morgan fingerprint density at radius 1 is 1.32 bits per heavy atom. The fourth-order valence-electron chi connectivity index (χ4n) is 2.81. The van der Waals surface area contributed by atoms with Crippen molar-refractivity contribution in [1.82, 2.24) is 9.97 Å². The van der Waals surface area contributed by atoms with Crippen LogP contribution in [-0.4, -0.2) is 27.1 Å². The molecule has 0 amide bonds. The van der Waals surface area contributed by atoms with Gasteiger partial charge in [-0.1, -0.05) is 6.07 Å². The Morgan fingerprint density at radius 3 is 2.74 bits per heavy atom. The summed E-state index contributed by atoms with van der Waals surface area (Å²) in [5.74, 6) is 0.332. The molecule has 1 aliphatic carbocycles. The van der Waals surface area contributed by atoms with Crippen molar-refractivity contribution in [3.8, 4) is 0 Å². The summed E-state index contributed by atoms with van der Waals surface area (Å²) in [5, 5.41) is 9.17. The number of carbonyl (C=O) groups is 1. The molecule has 0 spiro atoms. The van der Waals surface area contributed by atoms with Crippen LogP contribution in [0.25, 0.3) is 11.0 Å². The smallest absolute Gasteiger partial charge is 0.337 e. The number of imidazole rings is 1. The van der Waals surface area contributed by atoms with Gasteiger partial charge in [0.2, 0.25) is 0 Å². The molecule has 1 aromatic heterocycles. The van der Waals surface area contributed by atoms with Crippen molar-refractivity contribution < 1.29 is 9.90 Å². The van der Waals surface area contributed by atoms with Gasteiger partial charge in [-0.2, -0.15) is 0 Å². The van der Waals surface area contributed by atoms with Gasteiger partial charge in [0, 0.05) is 12.0 Å². The number of carboxylic acid groups (broad SMARTS) is 1. The maximum atomic E-state index is 11.2. The van der Waals surface area contributed by atoms with Crippen LogP contribution in [0.4, 0.5) is 0 Å². The fraction of sp³-hybridized carbons (Fsp3) is 0.429. The van der Waals surface area contributed by atoms with E-state index in [2.05, 4.69) is 9.97 Å². The molecule has 3 rings (SSSR count). The highest BCUT2D eigenvalue weighted by Crippen LogP contribution is 2.32. The summed E-state index contributed by atoms with van der Waals surface area (Å²) in [5.41, 5.74) is 7.51. The molecule has 1 saturated carbocycles. The van der Waals surface area contributed by atoms with Crippen LogP contribution in [0.5, 0.6) is 0 Å². The minimum Gasteiger partial charge on any atom is -0.478 e. The van der Waals surface area contributed by atoms with Crippen LogP contribution in [0.2, 0.25) is 0 Å².